The molecule has 1 aromatic carbocycles. The minimum absolute atomic E-state index is 0.0224. The lowest BCUT2D eigenvalue weighted by atomic mass is 10.1. The van der Waals surface area contributed by atoms with Crippen molar-refractivity contribution in [1.82, 2.24) is 10.2 Å². The first-order valence-electron chi connectivity index (χ1n) is 7.65. The fourth-order valence-corrected chi connectivity index (χ4v) is 2.78. The molecule has 120 valence electrons. The minimum atomic E-state index is -0.0966. The molecule has 0 bridgehead atoms. The van der Waals surface area contributed by atoms with Crippen molar-refractivity contribution in [2.24, 2.45) is 0 Å². The first-order valence-corrected chi connectivity index (χ1v) is 7.65. The van der Waals surface area contributed by atoms with Gasteiger partial charge in [-0.3, -0.25) is 0 Å². The molecule has 2 heterocycles. The largest absolute Gasteiger partial charge is 0.454 e. The molecular formula is C16H22N2O4. The van der Waals surface area contributed by atoms with E-state index in [2.05, 4.69) is 5.32 Å². The molecule has 2 amide bonds. The van der Waals surface area contributed by atoms with E-state index in [0.29, 0.717) is 6.54 Å². The number of rotatable bonds is 4. The number of hydrogen-bond acceptors (Lipinski definition) is 4. The zero-order valence-electron chi connectivity index (χ0n) is 13.0. The van der Waals surface area contributed by atoms with E-state index in [-0.39, 0.29) is 25.0 Å². The molecule has 3 rings (SSSR count). The van der Waals surface area contributed by atoms with Crippen LogP contribution in [-0.2, 0) is 11.3 Å². The van der Waals surface area contributed by atoms with Crippen LogP contribution < -0.4 is 14.8 Å². The lowest BCUT2D eigenvalue weighted by Crippen LogP contribution is -2.46. The topological polar surface area (TPSA) is 60.0 Å². The predicted molar refractivity (Wildman–Crippen MR) is 81.0 cm³/mol. The van der Waals surface area contributed by atoms with E-state index in [0.717, 1.165) is 36.5 Å². The van der Waals surface area contributed by atoms with Gasteiger partial charge in [-0.2, -0.15) is 0 Å². The van der Waals surface area contributed by atoms with E-state index in [1.165, 1.54) is 0 Å². The Bertz CT molecular complexity index is 543. The summed E-state index contributed by atoms with van der Waals surface area (Å²) in [6, 6.07) is 5.66. The second kappa shape index (κ2) is 6.44. The first kappa shape index (κ1) is 15.0. The Balaban J connectivity index is 1.54. The van der Waals surface area contributed by atoms with Gasteiger partial charge < -0.3 is 24.4 Å². The van der Waals surface area contributed by atoms with Gasteiger partial charge in [0, 0.05) is 20.2 Å². The van der Waals surface area contributed by atoms with E-state index >= 15 is 0 Å². The molecule has 2 aliphatic heterocycles. The zero-order chi connectivity index (χ0) is 15.5. The average Bonchev–Trinajstić information content (AvgIpc) is 3.18. The molecule has 0 radical (unpaired) electrons. The summed E-state index contributed by atoms with van der Waals surface area (Å²) in [4.78, 5) is 13.9. The Morgan fingerprint density at radius 1 is 1.41 bits per heavy atom. The van der Waals surface area contributed by atoms with Gasteiger partial charge in [-0.25, -0.2) is 4.79 Å². The van der Waals surface area contributed by atoms with E-state index in [9.17, 15) is 4.79 Å². The molecule has 1 fully saturated rings. The van der Waals surface area contributed by atoms with Crippen molar-refractivity contribution < 1.29 is 19.0 Å². The van der Waals surface area contributed by atoms with Crippen LogP contribution in [0.25, 0.3) is 0 Å². The Morgan fingerprint density at radius 2 is 2.23 bits per heavy atom. The highest BCUT2D eigenvalue weighted by molar-refractivity contribution is 5.74. The number of nitrogens with one attached hydrogen (secondary N) is 1. The maximum atomic E-state index is 12.3. The van der Waals surface area contributed by atoms with Crippen molar-refractivity contribution in [2.75, 3.05) is 20.4 Å². The molecule has 22 heavy (non-hydrogen) atoms. The van der Waals surface area contributed by atoms with E-state index in [1.54, 1.807) is 11.9 Å². The second-order valence-electron chi connectivity index (χ2n) is 5.83. The summed E-state index contributed by atoms with van der Waals surface area (Å²) in [5.74, 6) is 1.49. The van der Waals surface area contributed by atoms with Gasteiger partial charge in [0.1, 0.15) is 0 Å². The van der Waals surface area contributed by atoms with Crippen molar-refractivity contribution in [2.45, 2.75) is 38.5 Å². The minimum Gasteiger partial charge on any atom is -0.454 e. The molecule has 0 spiro atoms. The van der Waals surface area contributed by atoms with E-state index < -0.39 is 0 Å². The predicted octanol–water partition coefficient (Wildman–Crippen LogP) is 2.12. The van der Waals surface area contributed by atoms with Crippen molar-refractivity contribution in [3.63, 3.8) is 0 Å². The number of ether oxygens (including phenoxy) is 3. The number of hydrogen-bond donors (Lipinski definition) is 1. The Hall–Kier alpha value is -1.95. The van der Waals surface area contributed by atoms with Gasteiger partial charge in [-0.05, 0) is 37.5 Å². The van der Waals surface area contributed by atoms with Crippen molar-refractivity contribution in [3.05, 3.63) is 23.8 Å². The fraction of sp³-hybridized carbons (Fsp3) is 0.562. The number of urea groups is 1. The molecule has 0 unspecified atom stereocenters. The second-order valence-corrected chi connectivity index (χ2v) is 5.83. The average molecular weight is 306 g/mol. The van der Waals surface area contributed by atoms with Crippen LogP contribution in [0.4, 0.5) is 4.79 Å². The molecule has 0 saturated carbocycles. The van der Waals surface area contributed by atoms with Gasteiger partial charge in [0.25, 0.3) is 0 Å². The van der Waals surface area contributed by atoms with Gasteiger partial charge in [0.2, 0.25) is 6.79 Å². The molecular weight excluding hydrogens is 284 g/mol. The fourth-order valence-electron chi connectivity index (χ4n) is 2.78. The summed E-state index contributed by atoms with van der Waals surface area (Å²) >= 11 is 0. The number of amides is 2. The van der Waals surface area contributed by atoms with Crippen molar-refractivity contribution >= 4 is 6.03 Å². The Kier molecular flexibility index (Phi) is 4.38. The maximum absolute atomic E-state index is 12.3. The van der Waals surface area contributed by atoms with E-state index in [1.807, 2.05) is 25.1 Å². The Morgan fingerprint density at radius 3 is 3.00 bits per heavy atom. The van der Waals surface area contributed by atoms with Crippen LogP contribution in [0, 0.1) is 0 Å². The summed E-state index contributed by atoms with van der Waals surface area (Å²) in [5, 5.41) is 3.00. The normalized spacial score (nSPS) is 20.7. The molecule has 1 aromatic rings. The lowest BCUT2D eigenvalue weighted by molar-refractivity contribution is 0.0838. The summed E-state index contributed by atoms with van der Waals surface area (Å²) in [6.45, 7) is 3.55. The van der Waals surface area contributed by atoms with Crippen LogP contribution in [0.5, 0.6) is 11.5 Å². The van der Waals surface area contributed by atoms with Crippen LogP contribution in [0.1, 0.15) is 25.3 Å². The molecule has 0 aromatic heterocycles. The molecule has 2 atom stereocenters. The smallest absolute Gasteiger partial charge is 0.317 e. The molecule has 6 nitrogen and oxygen atoms in total. The van der Waals surface area contributed by atoms with Gasteiger partial charge in [-0.1, -0.05) is 6.07 Å². The van der Waals surface area contributed by atoms with Gasteiger partial charge in [-0.15, -0.1) is 0 Å². The standard InChI is InChI=1S/C16H22N2O4/c1-11(13-4-3-7-20-13)17-16(19)18(2)9-12-5-6-14-15(8-12)22-10-21-14/h5-6,8,11,13H,3-4,7,9-10H2,1-2H3,(H,17,19)/t11-,13+/m0/s1. The maximum Gasteiger partial charge on any atom is 0.317 e. The Labute approximate surface area is 130 Å². The summed E-state index contributed by atoms with van der Waals surface area (Å²) < 4.78 is 16.2. The highest BCUT2D eigenvalue weighted by Gasteiger charge is 2.24. The van der Waals surface area contributed by atoms with Crippen molar-refractivity contribution in [1.29, 1.82) is 0 Å². The molecule has 2 aliphatic rings. The quantitative estimate of drug-likeness (QED) is 0.925. The molecule has 0 aliphatic carbocycles. The third kappa shape index (κ3) is 3.27. The first-order chi connectivity index (χ1) is 10.6. The monoisotopic (exact) mass is 306 g/mol. The SMILES string of the molecule is C[C@H](NC(=O)N(C)Cc1ccc2c(c1)OCO2)[C@H]1CCCO1. The number of carbonyl (C=O) groups excluding carboxylic acids is 1. The van der Waals surface area contributed by atoms with Gasteiger partial charge >= 0.3 is 6.03 Å². The van der Waals surface area contributed by atoms with Crippen LogP contribution in [0.2, 0.25) is 0 Å². The highest BCUT2D eigenvalue weighted by Crippen LogP contribution is 2.32. The third-order valence-electron chi connectivity index (χ3n) is 4.08. The number of fused-ring (bicyclic) bond motifs is 1. The van der Waals surface area contributed by atoms with Crippen LogP contribution in [0.15, 0.2) is 18.2 Å². The summed E-state index contributed by atoms with van der Waals surface area (Å²) in [5.41, 5.74) is 1.01. The van der Waals surface area contributed by atoms with Crippen LogP contribution in [0.3, 0.4) is 0 Å². The zero-order valence-corrected chi connectivity index (χ0v) is 13.0. The molecule has 1 N–H and O–H groups in total. The molecule has 6 heteroatoms. The van der Waals surface area contributed by atoms with Crippen molar-refractivity contribution in [3.8, 4) is 11.5 Å². The van der Waals surface area contributed by atoms with Crippen LogP contribution >= 0.6 is 0 Å². The third-order valence-corrected chi connectivity index (χ3v) is 4.08. The molecule has 1 saturated heterocycles. The number of carbonyl (C=O) groups is 1. The van der Waals surface area contributed by atoms with E-state index in [4.69, 9.17) is 14.2 Å². The highest BCUT2D eigenvalue weighted by atomic mass is 16.7. The van der Waals surface area contributed by atoms with Gasteiger partial charge in [0.05, 0.1) is 12.1 Å². The van der Waals surface area contributed by atoms with Crippen LogP contribution in [-0.4, -0.2) is 43.5 Å². The van der Waals surface area contributed by atoms with Gasteiger partial charge in [0.15, 0.2) is 11.5 Å². The summed E-state index contributed by atoms with van der Waals surface area (Å²) in [7, 11) is 1.78. The summed E-state index contributed by atoms with van der Waals surface area (Å²) in [6.07, 6.45) is 2.20. The number of benzene rings is 1. The number of nitrogens with zero attached hydrogens (tertiary/aromatic N) is 1. The lowest BCUT2D eigenvalue weighted by Gasteiger charge is -2.24.